The van der Waals surface area contributed by atoms with Crippen LogP contribution in [0.15, 0.2) is 24.3 Å². The van der Waals surface area contributed by atoms with Crippen molar-refractivity contribution in [3.8, 4) is 11.6 Å². The molecule has 1 unspecified atom stereocenters. The highest BCUT2D eigenvalue weighted by atomic mass is 19.1. The second-order valence-corrected chi connectivity index (χ2v) is 9.54. The topological polar surface area (TPSA) is 72.3 Å². The molecule has 2 fully saturated rings. The Kier molecular flexibility index (Phi) is 7.93. The van der Waals surface area contributed by atoms with Crippen LogP contribution >= 0.6 is 0 Å². The molecule has 2 aliphatic heterocycles. The predicted molar refractivity (Wildman–Crippen MR) is 129 cm³/mol. The summed E-state index contributed by atoms with van der Waals surface area (Å²) in [4.78, 5) is 19.7. The first kappa shape index (κ1) is 25.4. The van der Waals surface area contributed by atoms with Crippen LogP contribution in [0.5, 0.6) is 11.6 Å². The fourth-order valence-corrected chi connectivity index (χ4v) is 4.83. The Morgan fingerprint density at radius 3 is 2.54 bits per heavy atom. The van der Waals surface area contributed by atoms with Gasteiger partial charge >= 0.3 is 0 Å². The number of carbonyl (C=O) groups is 1. The Labute approximate surface area is 206 Å². The van der Waals surface area contributed by atoms with Crippen molar-refractivity contribution in [2.45, 2.75) is 25.5 Å². The van der Waals surface area contributed by atoms with E-state index in [1.807, 2.05) is 18.9 Å². The number of aryl methyl sites for hydroxylation is 2. The molecule has 0 saturated carbocycles. The summed E-state index contributed by atoms with van der Waals surface area (Å²) in [7, 11) is 5.58. The van der Waals surface area contributed by atoms with Gasteiger partial charge in [0.15, 0.2) is 0 Å². The van der Waals surface area contributed by atoms with Gasteiger partial charge in [-0.3, -0.25) is 9.69 Å². The Morgan fingerprint density at radius 2 is 1.86 bits per heavy atom. The molecule has 0 aliphatic carbocycles. The monoisotopic (exact) mass is 489 g/mol. The Bertz CT molecular complexity index is 1010. The molecule has 0 radical (unpaired) electrons. The van der Waals surface area contributed by atoms with Gasteiger partial charge in [0.2, 0.25) is 11.8 Å². The third kappa shape index (κ3) is 6.12. The fourth-order valence-electron chi connectivity index (χ4n) is 4.83. The van der Waals surface area contributed by atoms with Gasteiger partial charge in [-0.05, 0) is 38.2 Å². The van der Waals surface area contributed by atoms with Crippen LogP contribution in [0.25, 0.3) is 0 Å². The molecule has 1 amide bonds. The first-order chi connectivity index (χ1) is 16.8. The van der Waals surface area contributed by atoms with Crippen molar-refractivity contribution in [2.24, 2.45) is 7.05 Å². The van der Waals surface area contributed by atoms with Crippen LogP contribution in [0.2, 0.25) is 0 Å². The molecule has 2 saturated heterocycles. The molecule has 10 heteroatoms. The van der Waals surface area contributed by atoms with E-state index in [9.17, 15) is 9.18 Å². The molecule has 1 aromatic carbocycles. The summed E-state index contributed by atoms with van der Waals surface area (Å²) in [5.74, 6) is 1.02. The van der Waals surface area contributed by atoms with E-state index in [-0.39, 0.29) is 24.8 Å². The lowest BCUT2D eigenvalue weighted by Gasteiger charge is -2.43. The van der Waals surface area contributed by atoms with Crippen LogP contribution in [-0.4, -0.2) is 103 Å². The third-order valence-corrected chi connectivity index (χ3v) is 6.84. The van der Waals surface area contributed by atoms with Gasteiger partial charge in [0.25, 0.3) is 0 Å². The largest absolute Gasteiger partial charge is 0.491 e. The molecule has 0 N–H and O–H groups in total. The van der Waals surface area contributed by atoms with Crippen LogP contribution < -0.4 is 9.47 Å². The second kappa shape index (κ2) is 10.9. The lowest BCUT2D eigenvalue weighted by molar-refractivity contribution is -0.158. The van der Waals surface area contributed by atoms with E-state index < -0.39 is 5.60 Å². The second-order valence-electron chi connectivity index (χ2n) is 9.54. The van der Waals surface area contributed by atoms with Gasteiger partial charge in [-0.1, -0.05) is 0 Å². The minimum absolute atomic E-state index is 0.0674. The zero-order chi connectivity index (χ0) is 25.0. The normalized spacial score (nSPS) is 21.8. The number of benzene rings is 1. The van der Waals surface area contributed by atoms with Crippen LogP contribution in [0.3, 0.4) is 0 Å². The summed E-state index contributed by atoms with van der Waals surface area (Å²) in [6, 6.07) is 5.91. The third-order valence-electron chi connectivity index (χ3n) is 6.84. The molecule has 2 aromatic rings. The smallest absolute Gasteiger partial charge is 0.225 e. The van der Waals surface area contributed by atoms with E-state index in [1.54, 1.807) is 23.9 Å². The molecule has 9 nitrogen and oxygen atoms in total. The molecule has 0 spiro atoms. The van der Waals surface area contributed by atoms with Crippen molar-refractivity contribution >= 4 is 5.91 Å². The molecule has 4 rings (SSSR count). The summed E-state index contributed by atoms with van der Waals surface area (Å²) < 4.78 is 33.0. The maximum atomic E-state index is 13.4. The molecule has 3 heterocycles. The fraction of sp³-hybridized carbons (Fsp3) is 0.600. The molecule has 192 valence electrons. The SMILES string of the molecule is COc1c(CN2CCOC(COc3ccc(F)cc3)(CC(=O)N3CCN(C)CC3)C2)c(C)nn1C. The zero-order valence-corrected chi connectivity index (χ0v) is 21.1. The van der Waals surface area contributed by atoms with Gasteiger partial charge in [0, 0.05) is 52.9 Å². The van der Waals surface area contributed by atoms with Crippen molar-refractivity contribution in [3.05, 3.63) is 41.3 Å². The quantitative estimate of drug-likeness (QED) is 0.559. The summed E-state index contributed by atoms with van der Waals surface area (Å²) in [6.07, 6.45) is 0.220. The van der Waals surface area contributed by atoms with E-state index in [1.165, 1.54) is 12.1 Å². The van der Waals surface area contributed by atoms with Crippen LogP contribution in [0, 0.1) is 12.7 Å². The minimum atomic E-state index is -0.823. The summed E-state index contributed by atoms with van der Waals surface area (Å²) in [6.45, 7) is 7.65. The van der Waals surface area contributed by atoms with E-state index >= 15 is 0 Å². The maximum absolute atomic E-state index is 13.4. The number of halogens is 1. The van der Waals surface area contributed by atoms with Crippen molar-refractivity contribution < 1.29 is 23.4 Å². The number of likely N-dealkylation sites (N-methyl/N-ethyl adjacent to an activating group) is 1. The molecular weight excluding hydrogens is 453 g/mol. The number of morpholine rings is 1. The summed E-state index contributed by atoms with van der Waals surface area (Å²) in [5.41, 5.74) is 1.12. The highest BCUT2D eigenvalue weighted by Crippen LogP contribution is 2.29. The Morgan fingerprint density at radius 1 is 1.14 bits per heavy atom. The molecule has 35 heavy (non-hydrogen) atoms. The number of nitrogens with zero attached hydrogens (tertiary/aromatic N) is 5. The number of ether oxygens (including phenoxy) is 3. The number of hydrogen-bond donors (Lipinski definition) is 0. The minimum Gasteiger partial charge on any atom is -0.491 e. The van der Waals surface area contributed by atoms with E-state index in [0.29, 0.717) is 38.5 Å². The van der Waals surface area contributed by atoms with Gasteiger partial charge in [0.05, 0.1) is 31.4 Å². The predicted octanol–water partition coefficient (Wildman–Crippen LogP) is 1.69. The average molecular weight is 490 g/mol. The number of carbonyl (C=O) groups excluding carboxylic acids is 1. The highest BCUT2D eigenvalue weighted by molar-refractivity contribution is 5.77. The average Bonchev–Trinajstić information content (AvgIpc) is 3.11. The van der Waals surface area contributed by atoms with Crippen LogP contribution in [-0.2, 0) is 23.1 Å². The number of aromatic nitrogens is 2. The number of hydrogen-bond acceptors (Lipinski definition) is 7. The van der Waals surface area contributed by atoms with E-state index in [4.69, 9.17) is 14.2 Å². The lowest BCUT2D eigenvalue weighted by Crippen LogP contribution is -2.58. The summed E-state index contributed by atoms with van der Waals surface area (Å²) >= 11 is 0. The standard InChI is InChI=1S/C25H36FN5O4/c1-19-22(24(33-4)29(3)27-19)16-30-13-14-35-25(17-30,18-34-21-7-5-20(26)6-8-21)15-23(32)31-11-9-28(2)10-12-31/h5-8H,9-18H2,1-4H3. The van der Waals surface area contributed by atoms with Crippen LogP contribution in [0.1, 0.15) is 17.7 Å². The maximum Gasteiger partial charge on any atom is 0.225 e. The van der Waals surface area contributed by atoms with Crippen molar-refractivity contribution in [1.29, 1.82) is 0 Å². The Balaban J connectivity index is 1.51. The Hall–Kier alpha value is -2.69. The van der Waals surface area contributed by atoms with E-state index in [2.05, 4.69) is 21.9 Å². The number of rotatable bonds is 8. The number of piperazine rings is 1. The lowest BCUT2D eigenvalue weighted by atomic mass is 9.96. The van der Waals surface area contributed by atoms with Crippen molar-refractivity contribution in [1.82, 2.24) is 24.5 Å². The van der Waals surface area contributed by atoms with Crippen molar-refractivity contribution in [2.75, 3.05) is 66.6 Å². The first-order valence-electron chi connectivity index (χ1n) is 12.1. The van der Waals surface area contributed by atoms with Gasteiger partial charge < -0.3 is 24.0 Å². The molecular formula is C25H36FN5O4. The number of methoxy groups -OCH3 is 1. The van der Waals surface area contributed by atoms with E-state index in [0.717, 1.165) is 36.8 Å². The molecule has 1 atom stereocenters. The van der Waals surface area contributed by atoms with Crippen LogP contribution in [0.4, 0.5) is 4.39 Å². The molecule has 1 aromatic heterocycles. The zero-order valence-electron chi connectivity index (χ0n) is 21.1. The molecule has 2 aliphatic rings. The van der Waals surface area contributed by atoms with Gasteiger partial charge in [-0.25, -0.2) is 9.07 Å². The first-order valence-corrected chi connectivity index (χ1v) is 12.1. The van der Waals surface area contributed by atoms with Gasteiger partial charge in [-0.15, -0.1) is 0 Å². The molecule has 0 bridgehead atoms. The number of amides is 1. The van der Waals surface area contributed by atoms with Gasteiger partial charge in [0.1, 0.15) is 23.8 Å². The van der Waals surface area contributed by atoms with Gasteiger partial charge in [-0.2, -0.15) is 5.10 Å². The summed E-state index contributed by atoms with van der Waals surface area (Å²) in [5, 5.41) is 4.50. The van der Waals surface area contributed by atoms with Crippen molar-refractivity contribution in [3.63, 3.8) is 0 Å². The highest BCUT2D eigenvalue weighted by Gasteiger charge is 2.41.